The summed E-state index contributed by atoms with van der Waals surface area (Å²) in [5.74, 6) is 0.124. The molecule has 6 nitrogen and oxygen atoms in total. The molecule has 0 fully saturated rings. The maximum atomic E-state index is 12.4. The molecule has 0 saturated carbocycles. The van der Waals surface area contributed by atoms with Crippen molar-refractivity contribution in [2.75, 3.05) is 17.7 Å². The highest BCUT2D eigenvalue weighted by atomic mass is 32.1. The van der Waals surface area contributed by atoms with Gasteiger partial charge < -0.3 is 10.1 Å². The Labute approximate surface area is 154 Å². The number of aryl methyl sites for hydroxylation is 1. The fourth-order valence-corrected chi connectivity index (χ4v) is 3.14. The second-order valence-corrected chi connectivity index (χ2v) is 6.44. The summed E-state index contributed by atoms with van der Waals surface area (Å²) in [5, 5.41) is 5.91. The molecule has 2 aromatic carbocycles. The molecule has 2 N–H and O–H groups in total. The van der Waals surface area contributed by atoms with E-state index in [0.29, 0.717) is 32.7 Å². The minimum atomic E-state index is -0.295. The number of methoxy groups -OCH3 is 1. The third kappa shape index (κ3) is 4.07. The Morgan fingerprint density at radius 1 is 0.962 bits per heavy atom. The number of nitrogens with one attached hydrogen (secondary N) is 2. The van der Waals surface area contributed by atoms with Gasteiger partial charge in [0, 0.05) is 11.3 Å². The van der Waals surface area contributed by atoms with Crippen molar-refractivity contribution >= 4 is 34.0 Å². The number of carbonyl (C=O) groups is 2. The fourth-order valence-electron chi connectivity index (χ4n) is 2.28. The lowest BCUT2D eigenvalue weighted by Crippen LogP contribution is -2.11. The van der Waals surface area contributed by atoms with E-state index < -0.39 is 0 Å². The average Bonchev–Trinajstić information content (AvgIpc) is 3.03. The van der Waals surface area contributed by atoms with Crippen LogP contribution < -0.4 is 15.4 Å². The molecule has 3 rings (SSSR count). The largest absolute Gasteiger partial charge is 0.497 e. The first kappa shape index (κ1) is 17.6. The van der Waals surface area contributed by atoms with Crippen molar-refractivity contribution in [2.45, 2.75) is 6.92 Å². The molecule has 3 aromatic rings. The van der Waals surface area contributed by atoms with Crippen LogP contribution in [0.5, 0.6) is 5.75 Å². The van der Waals surface area contributed by atoms with Crippen molar-refractivity contribution in [2.24, 2.45) is 0 Å². The number of anilines is 2. The van der Waals surface area contributed by atoms with Crippen molar-refractivity contribution in [3.63, 3.8) is 0 Å². The molecule has 0 radical (unpaired) electrons. The topological polar surface area (TPSA) is 80.3 Å². The van der Waals surface area contributed by atoms with E-state index in [4.69, 9.17) is 4.74 Å². The Balaban J connectivity index is 1.71. The lowest BCUT2D eigenvalue weighted by molar-refractivity contribution is 0.102. The highest BCUT2D eigenvalue weighted by molar-refractivity contribution is 7.17. The molecule has 1 aromatic heterocycles. The van der Waals surface area contributed by atoms with E-state index in [2.05, 4.69) is 15.6 Å². The van der Waals surface area contributed by atoms with Gasteiger partial charge in [-0.3, -0.25) is 14.9 Å². The van der Waals surface area contributed by atoms with Gasteiger partial charge >= 0.3 is 0 Å². The number of hydrogen-bond acceptors (Lipinski definition) is 5. The smallest absolute Gasteiger partial charge is 0.267 e. The molecule has 7 heteroatoms. The minimum absolute atomic E-state index is 0.254. The molecule has 0 aliphatic carbocycles. The van der Waals surface area contributed by atoms with E-state index in [-0.39, 0.29) is 11.8 Å². The summed E-state index contributed by atoms with van der Waals surface area (Å²) in [7, 11) is 1.56. The molecule has 0 saturated heterocycles. The van der Waals surface area contributed by atoms with Gasteiger partial charge in [-0.15, -0.1) is 0 Å². The quantitative estimate of drug-likeness (QED) is 0.715. The number of para-hydroxylation sites is 1. The molecule has 0 bridgehead atoms. The summed E-state index contributed by atoms with van der Waals surface area (Å²) in [5.41, 5.74) is 1.75. The third-order valence-electron chi connectivity index (χ3n) is 3.61. The second kappa shape index (κ2) is 7.79. The van der Waals surface area contributed by atoms with Gasteiger partial charge in [0.15, 0.2) is 5.13 Å². The van der Waals surface area contributed by atoms with Gasteiger partial charge in [0.1, 0.15) is 10.6 Å². The Hall–Kier alpha value is -3.19. The molecule has 132 valence electrons. The number of rotatable bonds is 5. The standard InChI is InChI=1S/C19H17N3O3S/c1-12-16(18(24)21-14-6-4-3-5-7-14)26-19(20-12)22-17(23)13-8-10-15(25-2)11-9-13/h3-11H,1-2H3,(H,21,24)(H,20,22,23). The molecule has 0 unspecified atom stereocenters. The SMILES string of the molecule is COc1ccc(C(=O)Nc2nc(C)c(C(=O)Nc3ccccc3)s2)cc1. The summed E-state index contributed by atoms with van der Waals surface area (Å²) in [6.45, 7) is 1.74. The van der Waals surface area contributed by atoms with Gasteiger partial charge in [-0.05, 0) is 43.3 Å². The molecule has 0 atom stereocenters. The van der Waals surface area contributed by atoms with Crippen molar-refractivity contribution in [3.8, 4) is 5.75 Å². The van der Waals surface area contributed by atoms with E-state index >= 15 is 0 Å². The van der Waals surface area contributed by atoms with Gasteiger partial charge in [0.25, 0.3) is 11.8 Å². The zero-order valence-electron chi connectivity index (χ0n) is 14.3. The first-order valence-electron chi connectivity index (χ1n) is 7.86. The highest BCUT2D eigenvalue weighted by Gasteiger charge is 2.17. The van der Waals surface area contributed by atoms with Gasteiger partial charge in [0.2, 0.25) is 0 Å². The number of hydrogen-bond donors (Lipinski definition) is 2. The van der Waals surface area contributed by atoms with Crippen LogP contribution in [0.4, 0.5) is 10.8 Å². The molecule has 26 heavy (non-hydrogen) atoms. The van der Waals surface area contributed by atoms with Crippen molar-refractivity contribution in [1.82, 2.24) is 4.98 Å². The second-order valence-electron chi connectivity index (χ2n) is 5.44. The van der Waals surface area contributed by atoms with Crippen LogP contribution in [0.1, 0.15) is 25.7 Å². The van der Waals surface area contributed by atoms with E-state index in [1.165, 1.54) is 0 Å². The summed E-state index contributed by atoms with van der Waals surface area (Å²) in [4.78, 5) is 29.4. The zero-order valence-corrected chi connectivity index (χ0v) is 15.1. The van der Waals surface area contributed by atoms with Gasteiger partial charge in [-0.2, -0.15) is 0 Å². The van der Waals surface area contributed by atoms with Crippen LogP contribution in [0.25, 0.3) is 0 Å². The van der Waals surface area contributed by atoms with Crippen molar-refractivity contribution in [3.05, 3.63) is 70.7 Å². The van der Waals surface area contributed by atoms with Crippen molar-refractivity contribution in [1.29, 1.82) is 0 Å². The lowest BCUT2D eigenvalue weighted by atomic mass is 10.2. The fraction of sp³-hybridized carbons (Fsp3) is 0.105. The maximum absolute atomic E-state index is 12.4. The summed E-state index contributed by atoms with van der Waals surface area (Å²) < 4.78 is 5.08. The number of ether oxygens (including phenoxy) is 1. The van der Waals surface area contributed by atoms with Gasteiger partial charge in [-0.1, -0.05) is 29.5 Å². The number of benzene rings is 2. The first-order chi connectivity index (χ1) is 12.6. The third-order valence-corrected chi connectivity index (χ3v) is 4.68. The zero-order chi connectivity index (χ0) is 18.5. The summed E-state index contributed by atoms with van der Waals surface area (Å²) >= 11 is 1.14. The Bertz CT molecular complexity index is 921. The Kier molecular flexibility index (Phi) is 5.28. The van der Waals surface area contributed by atoms with E-state index in [1.54, 1.807) is 50.4 Å². The number of carbonyl (C=O) groups excluding carboxylic acids is 2. The van der Waals surface area contributed by atoms with Crippen LogP contribution in [0.15, 0.2) is 54.6 Å². The highest BCUT2D eigenvalue weighted by Crippen LogP contribution is 2.24. The number of thiazole rings is 1. The molecular weight excluding hydrogens is 350 g/mol. The lowest BCUT2D eigenvalue weighted by Gasteiger charge is -2.03. The summed E-state index contributed by atoms with van der Waals surface area (Å²) in [6, 6.07) is 15.9. The minimum Gasteiger partial charge on any atom is -0.497 e. The van der Waals surface area contributed by atoms with Gasteiger partial charge in [-0.25, -0.2) is 4.98 Å². The van der Waals surface area contributed by atoms with Crippen LogP contribution in [0.2, 0.25) is 0 Å². The number of aromatic nitrogens is 1. The molecule has 0 spiro atoms. The van der Waals surface area contributed by atoms with Crippen molar-refractivity contribution < 1.29 is 14.3 Å². The number of nitrogens with zero attached hydrogens (tertiary/aromatic N) is 1. The molecule has 1 heterocycles. The van der Waals surface area contributed by atoms with E-state index in [9.17, 15) is 9.59 Å². The van der Waals surface area contributed by atoms with Crippen LogP contribution >= 0.6 is 11.3 Å². The average molecular weight is 367 g/mol. The van der Waals surface area contributed by atoms with Gasteiger partial charge in [0.05, 0.1) is 12.8 Å². The van der Waals surface area contributed by atoms with E-state index in [1.807, 2.05) is 18.2 Å². The predicted octanol–water partition coefficient (Wildman–Crippen LogP) is 3.96. The molecule has 0 aliphatic heterocycles. The van der Waals surface area contributed by atoms with Crippen LogP contribution in [0, 0.1) is 6.92 Å². The predicted molar refractivity (Wildman–Crippen MR) is 102 cm³/mol. The van der Waals surface area contributed by atoms with E-state index in [0.717, 1.165) is 11.3 Å². The summed E-state index contributed by atoms with van der Waals surface area (Å²) in [6.07, 6.45) is 0. The Morgan fingerprint density at radius 3 is 2.31 bits per heavy atom. The molecular formula is C19H17N3O3S. The first-order valence-corrected chi connectivity index (χ1v) is 8.67. The molecule has 2 amide bonds. The maximum Gasteiger partial charge on any atom is 0.267 e. The van der Waals surface area contributed by atoms with Crippen LogP contribution in [-0.2, 0) is 0 Å². The monoisotopic (exact) mass is 367 g/mol. The Morgan fingerprint density at radius 2 is 1.65 bits per heavy atom. The van der Waals surface area contributed by atoms with Crippen LogP contribution in [-0.4, -0.2) is 23.9 Å². The molecule has 0 aliphatic rings. The normalized spacial score (nSPS) is 10.2. The van der Waals surface area contributed by atoms with Crippen LogP contribution in [0.3, 0.4) is 0 Å². The number of amides is 2.